The van der Waals surface area contributed by atoms with E-state index < -0.39 is 13.3 Å². The molecule has 2 aromatic carbocycles. The van der Waals surface area contributed by atoms with Gasteiger partial charge in [0.25, 0.3) is 0 Å². The number of benzene rings is 2. The Morgan fingerprint density at radius 1 is 0.708 bits per heavy atom. The Hall–Kier alpha value is -1.78. The molecule has 0 amide bonds. The second-order valence-electron chi connectivity index (χ2n) is 6.45. The molecule has 1 aliphatic heterocycles. The van der Waals surface area contributed by atoms with Gasteiger partial charge in [-0.25, -0.2) is 8.78 Å². The average molecular weight is 330 g/mol. The Morgan fingerprint density at radius 2 is 1.17 bits per heavy atom. The van der Waals surface area contributed by atoms with E-state index in [2.05, 4.69) is 17.0 Å². The summed E-state index contributed by atoms with van der Waals surface area (Å²) >= 11 is 0. The maximum Gasteiger partial charge on any atom is 0.106 e. The number of hydrogen-bond donors (Lipinski definition) is 0. The van der Waals surface area contributed by atoms with E-state index >= 15 is 0 Å². The molecule has 0 N–H and O–H groups in total. The SMILES string of the molecule is FCC1CN(Cc2ccccc2)CC(CF)N1Cc1ccccc1. The topological polar surface area (TPSA) is 6.48 Å². The van der Waals surface area contributed by atoms with Crippen LogP contribution in [-0.2, 0) is 13.1 Å². The minimum atomic E-state index is -0.450. The van der Waals surface area contributed by atoms with Crippen LogP contribution in [0.4, 0.5) is 8.78 Å². The smallest absolute Gasteiger partial charge is 0.106 e. The molecular formula is C20H24F2N2. The van der Waals surface area contributed by atoms with Gasteiger partial charge in [-0.3, -0.25) is 9.80 Å². The van der Waals surface area contributed by atoms with Crippen molar-refractivity contribution < 1.29 is 8.78 Å². The first-order valence-corrected chi connectivity index (χ1v) is 8.48. The van der Waals surface area contributed by atoms with Gasteiger partial charge in [-0.05, 0) is 11.1 Å². The van der Waals surface area contributed by atoms with E-state index in [-0.39, 0.29) is 12.1 Å². The molecule has 1 fully saturated rings. The lowest BCUT2D eigenvalue weighted by molar-refractivity contribution is -0.00617. The van der Waals surface area contributed by atoms with Crippen LogP contribution in [0.1, 0.15) is 11.1 Å². The Morgan fingerprint density at radius 3 is 1.62 bits per heavy atom. The van der Waals surface area contributed by atoms with Crippen molar-refractivity contribution in [1.29, 1.82) is 0 Å². The lowest BCUT2D eigenvalue weighted by Crippen LogP contribution is -2.59. The third-order valence-electron chi connectivity index (χ3n) is 4.69. The fourth-order valence-electron chi connectivity index (χ4n) is 3.48. The van der Waals surface area contributed by atoms with Gasteiger partial charge in [-0.1, -0.05) is 60.7 Å². The predicted octanol–water partition coefficient (Wildman–Crippen LogP) is 3.68. The zero-order valence-electron chi connectivity index (χ0n) is 13.8. The highest BCUT2D eigenvalue weighted by atomic mass is 19.1. The van der Waals surface area contributed by atoms with Gasteiger partial charge in [0.1, 0.15) is 13.3 Å². The Kier molecular flexibility index (Phi) is 5.94. The molecule has 24 heavy (non-hydrogen) atoms. The second kappa shape index (κ2) is 8.36. The number of halogens is 2. The summed E-state index contributed by atoms with van der Waals surface area (Å²) in [7, 11) is 0. The summed E-state index contributed by atoms with van der Waals surface area (Å²) in [6.07, 6.45) is 0. The molecule has 0 aromatic heterocycles. The first kappa shape index (κ1) is 17.1. The van der Waals surface area contributed by atoms with Gasteiger partial charge in [-0.2, -0.15) is 0 Å². The van der Waals surface area contributed by atoms with Crippen molar-refractivity contribution in [2.75, 3.05) is 26.4 Å². The van der Waals surface area contributed by atoms with Crippen LogP contribution >= 0.6 is 0 Å². The van der Waals surface area contributed by atoms with E-state index in [4.69, 9.17) is 0 Å². The van der Waals surface area contributed by atoms with Crippen LogP contribution in [0.25, 0.3) is 0 Å². The summed E-state index contributed by atoms with van der Waals surface area (Å²) in [5.74, 6) is 0. The Bertz CT molecular complexity index is 592. The molecule has 2 unspecified atom stereocenters. The summed E-state index contributed by atoms with van der Waals surface area (Å²) in [5, 5.41) is 0. The monoisotopic (exact) mass is 330 g/mol. The van der Waals surface area contributed by atoms with E-state index in [9.17, 15) is 8.78 Å². The van der Waals surface area contributed by atoms with Crippen LogP contribution < -0.4 is 0 Å². The van der Waals surface area contributed by atoms with Crippen molar-refractivity contribution in [3.8, 4) is 0 Å². The number of piperazine rings is 1. The lowest BCUT2D eigenvalue weighted by atomic mass is 10.0. The summed E-state index contributed by atoms with van der Waals surface area (Å²) in [6, 6.07) is 19.5. The zero-order chi connectivity index (χ0) is 16.8. The van der Waals surface area contributed by atoms with Gasteiger partial charge in [0.15, 0.2) is 0 Å². The summed E-state index contributed by atoms with van der Waals surface area (Å²) in [5.41, 5.74) is 2.29. The molecule has 0 spiro atoms. The number of alkyl halides is 2. The molecule has 4 heteroatoms. The normalized spacial score (nSPS) is 22.6. The number of hydrogen-bond acceptors (Lipinski definition) is 2. The van der Waals surface area contributed by atoms with Crippen LogP contribution in [0.2, 0.25) is 0 Å². The Balaban J connectivity index is 1.70. The molecule has 0 radical (unpaired) electrons. The van der Waals surface area contributed by atoms with Crippen molar-refractivity contribution in [2.24, 2.45) is 0 Å². The van der Waals surface area contributed by atoms with Crippen molar-refractivity contribution in [1.82, 2.24) is 9.80 Å². The molecule has 0 aliphatic carbocycles. The van der Waals surface area contributed by atoms with Crippen LogP contribution in [0.15, 0.2) is 60.7 Å². The van der Waals surface area contributed by atoms with E-state index in [1.807, 2.05) is 53.4 Å². The third kappa shape index (κ3) is 4.19. The summed E-state index contributed by atoms with van der Waals surface area (Å²) in [4.78, 5) is 4.17. The molecule has 1 aliphatic rings. The fraction of sp³-hybridized carbons (Fsp3) is 0.400. The molecular weight excluding hydrogens is 306 g/mol. The predicted molar refractivity (Wildman–Crippen MR) is 93.2 cm³/mol. The Labute approximate surface area is 142 Å². The third-order valence-corrected chi connectivity index (χ3v) is 4.69. The summed E-state index contributed by atoms with van der Waals surface area (Å²) in [6.45, 7) is 1.71. The average Bonchev–Trinajstić information content (AvgIpc) is 2.64. The fourth-order valence-corrected chi connectivity index (χ4v) is 3.48. The van der Waals surface area contributed by atoms with E-state index in [0.717, 1.165) is 12.1 Å². The quantitative estimate of drug-likeness (QED) is 0.797. The molecule has 128 valence electrons. The molecule has 0 saturated carbocycles. The lowest BCUT2D eigenvalue weighted by Gasteiger charge is -2.45. The van der Waals surface area contributed by atoms with Crippen molar-refractivity contribution in [3.05, 3.63) is 71.8 Å². The van der Waals surface area contributed by atoms with Crippen LogP contribution in [0.5, 0.6) is 0 Å². The maximum absolute atomic E-state index is 13.7. The molecule has 2 nitrogen and oxygen atoms in total. The van der Waals surface area contributed by atoms with Crippen molar-refractivity contribution >= 4 is 0 Å². The highest BCUT2D eigenvalue weighted by molar-refractivity contribution is 5.16. The first-order valence-electron chi connectivity index (χ1n) is 8.48. The minimum Gasteiger partial charge on any atom is -0.296 e. The van der Waals surface area contributed by atoms with Gasteiger partial charge >= 0.3 is 0 Å². The highest BCUT2D eigenvalue weighted by Gasteiger charge is 2.34. The molecule has 2 atom stereocenters. The summed E-state index contributed by atoms with van der Waals surface area (Å²) < 4.78 is 27.3. The molecule has 1 saturated heterocycles. The van der Waals surface area contributed by atoms with Gasteiger partial charge in [0.2, 0.25) is 0 Å². The van der Waals surface area contributed by atoms with Crippen molar-refractivity contribution in [2.45, 2.75) is 25.2 Å². The van der Waals surface area contributed by atoms with Gasteiger partial charge < -0.3 is 0 Å². The number of rotatable bonds is 6. The van der Waals surface area contributed by atoms with Crippen LogP contribution in [0.3, 0.4) is 0 Å². The highest BCUT2D eigenvalue weighted by Crippen LogP contribution is 2.22. The largest absolute Gasteiger partial charge is 0.296 e. The second-order valence-corrected chi connectivity index (χ2v) is 6.45. The van der Waals surface area contributed by atoms with Gasteiger partial charge in [0.05, 0.1) is 12.1 Å². The number of nitrogens with zero attached hydrogens (tertiary/aromatic N) is 2. The standard InChI is InChI=1S/C20H24F2N2/c21-11-19-15-23(13-17-7-3-1-4-8-17)16-20(12-22)24(19)14-18-9-5-2-6-10-18/h1-10,19-20H,11-16H2. The van der Waals surface area contributed by atoms with E-state index in [0.29, 0.717) is 19.6 Å². The molecule has 1 heterocycles. The van der Waals surface area contributed by atoms with Gasteiger partial charge in [-0.15, -0.1) is 0 Å². The molecule has 3 rings (SSSR count). The van der Waals surface area contributed by atoms with Crippen LogP contribution in [0, 0.1) is 0 Å². The van der Waals surface area contributed by atoms with E-state index in [1.165, 1.54) is 5.56 Å². The first-order chi connectivity index (χ1) is 11.8. The van der Waals surface area contributed by atoms with Crippen LogP contribution in [-0.4, -0.2) is 48.3 Å². The van der Waals surface area contributed by atoms with Crippen molar-refractivity contribution in [3.63, 3.8) is 0 Å². The molecule has 0 bridgehead atoms. The molecule has 2 aromatic rings. The maximum atomic E-state index is 13.7. The minimum absolute atomic E-state index is 0.261. The zero-order valence-corrected chi connectivity index (χ0v) is 13.8. The van der Waals surface area contributed by atoms with Gasteiger partial charge in [0, 0.05) is 26.2 Å². The van der Waals surface area contributed by atoms with E-state index in [1.54, 1.807) is 0 Å².